The lowest BCUT2D eigenvalue weighted by Gasteiger charge is -2.24. The van der Waals surface area contributed by atoms with Crippen LogP contribution >= 0.6 is 0 Å². The van der Waals surface area contributed by atoms with Gasteiger partial charge >= 0.3 is 5.97 Å². The number of hydrogen-bond donors (Lipinski definition) is 4. The minimum absolute atomic E-state index is 0.0975. The number of ether oxygens (including phenoxy) is 2. The number of nitrogens with one attached hydrogen (secondary N) is 1. The molecule has 31 heavy (non-hydrogen) atoms. The first kappa shape index (κ1) is 22.6. The van der Waals surface area contributed by atoms with Gasteiger partial charge in [-0.05, 0) is 18.1 Å². The van der Waals surface area contributed by atoms with Gasteiger partial charge in [-0.15, -0.1) is 0 Å². The average Bonchev–Trinajstić information content (AvgIpc) is 3.27. The standard InChI is InChI=1S/C19H24N6O6/c1-9(2)14(21)18(29)24-17-11-4-5-13(25(11)23-8-22-17)19(7-20)16(28)15(27)12(31-19)6-30-10(3)26/h4-5,8-9,12,14-16,27-28H,6,21H2,1-3H3,(H,22,23,24,29)/t12-,14?,15-,16-,19+/m1/s1. The summed E-state index contributed by atoms with van der Waals surface area (Å²) in [4.78, 5) is 27.5. The number of aliphatic hydroxyl groups excluding tert-OH is 2. The van der Waals surface area contributed by atoms with Crippen molar-refractivity contribution in [2.24, 2.45) is 11.7 Å². The van der Waals surface area contributed by atoms with E-state index in [0.29, 0.717) is 5.52 Å². The smallest absolute Gasteiger partial charge is 0.302 e. The summed E-state index contributed by atoms with van der Waals surface area (Å²) >= 11 is 0. The van der Waals surface area contributed by atoms with Gasteiger partial charge in [0, 0.05) is 6.92 Å². The normalized spacial score (nSPS) is 26.6. The Bertz CT molecular complexity index is 1030. The fraction of sp³-hybridized carbons (Fsp3) is 0.526. The second kappa shape index (κ2) is 8.56. The Hall–Kier alpha value is -3.11. The third-order valence-electron chi connectivity index (χ3n) is 5.17. The summed E-state index contributed by atoms with van der Waals surface area (Å²) in [7, 11) is 0. The van der Waals surface area contributed by atoms with E-state index in [9.17, 15) is 25.1 Å². The van der Waals surface area contributed by atoms with E-state index in [1.807, 2.05) is 19.9 Å². The van der Waals surface area contributed by atoms with E-state index in [2.05, 4.69) is 15.4 Å². The first-order chi connectivity index (χ1) is 14.6. The zero-order chi connectivity index (χ0) is 22.9. The third kappa shape index (κ3) is 3.96. The Morgan fingerprint density at radius 3 is 2.77 bits per heavy atom. The van der Waals surface area contributed by atoms with Crippen LogP contribution in [0.3, 0.4) is 0 Å². The lowest BCUT2D eigenvalue weighted by atomic mass is 9.92. The van der Waals surface area contributed by atoms with E-state index in [0.717, 1.165) is 6.33 Å². The summed E-state index contributed by atoms with van der Waals surface area (Å²) in [5.41, 5.74) is 4.31. The lowest BCUT2D eigenvalue weighted by molar-refractivity contribution is -0.148. The van der Waals surface area contributed by atoms with Gasteiger partial charge in [0.2, 0.25) is 11.5 Å². The number of rotatable bonds is 6. The molecule has 0 bridgehead atoms. The third-order valence-corrected chi connectivity index (χ3v) is 5.17. The predicted molar refractivity (Wildman–Crippen MR) is 105 cm³/mol. The van der Waals surface area contributed by atoms with E-state index in [-0.39, 0.29) is 24.0 Å². The van der Waals surface area contributed by atoms with Gasteiger partial charge in [0.15, 0.2) is 5.82 Å². The molecular formula is C19H24N6O6. The fourth-order valence-electron chi connectivity index (χ4n) is 3.33. The molecule has 0 aromatic carbocycles. The molecule has 0 saturated carbocycles. The molecule has 1 aliphatic heterocycles. The molecule has 1 aliphatic rings. The second-order valence-corrected chi connectivity index (χ2v) is 7.63. The van der Waals surface area contributed by atoms with Crippen molar-refractivity contribution in [1.29, 1.82) is 5.26 Å². The summed E-state index contributed by atoms with van der Waals surface area (Å²) in [6, 6.07) is 4.15. The molecular weight excluding hydrogens is 408 g/mol. The van der Waals surface area contributed by atoms with Crippen LogP contribution in [0.25, 0.3) is 5.52 Å². The van der Waals surface area contributed by atoms with Crippen molar-refractivity contribution >= 4 is 23.2 Å². The summed E-state index contributed by atoms with van der Waals surface area (Å²) in [5, 5.41) is 37.6. The van der Waals surface area contributed by atoms with Crippen LogP contribution in [-0.4, -0.2) is 67.6 Å². The number of aliphatic hydroxyl groups is 2. The Morgan fingerprint density at radius 2 is 2.16 bits per heavy atom. The van der Waals surface area contributed by atoms with E-state index in [1.165, 1.54) is 23.6 Å². The molecule has 1 unspecified atom stereocenters. The quantitative estimate of drug-likeness (QED) is 0.415. The minimum Gasteiger partial charge on any atom is -0.463 e. The number of amides is 1. The monoisotopic (exact) mass is 432 g/mol. The number of esters is 1. The van der Waals surface area contributed by atoms with Gasteiger partial charge in [-0.25, -0.2) is 9.50 Å². The Balaban J connectivity index is 1.98. The van der Waals surface area contributed by atoms with Crippen molar-refractivity contribution < 1.29 is 29.3 Å². The van der Waals surface area contributed by atoms with Crippen LogP contribution in [0.15, 0.2) is 18.5 Å². The first-order valence-electron chi connectivity index (χ1n) is 9.60. The Morgan fingerprint density at radius 1 is 1.45 bits per heavy atom. The maximum absolute atomic E-state index is 12.3. The van der Waals surface area contributed by atoms with Gasteiger partial charge in [-0.3, -0.25) is 9.59 Å². The van der Waals surface area contributed by atoms with E-state index < -0.39 is 41.8 Å². The SMILES string of the molecule is CC(=O)OC[C@H]1O[C@@](C#N)(c2ccc3c(NC(=O)C(N)C(C)C)ncnn23)[C@H](O)[C@@H]1O. The number of nitrogens with two attached hydrogens (primary N) is 1. The minimum atomic E-state index is -2.00. The maximum Gasteiger partial charge on any atom is 0.302 e. The average molecular weight is 432 g/mol. The molecule has 5 atom stereocenters. The van der Waals surface area contributed by atoms with Crippen LogP contribution in [0.1, 0.15) is 26.5 Å². The van der Waals surface area contributed by atoms with Gasteiger partial charge in [0.25, 0.3) is 0 Å². The van der Waals surface area contributed by atoms with Crippen molar-refractivity contribution in [2.45, 2.75) is 50.7 Å². The number of anilines is 1. The van der Waals surface area contributed by atoms with E-state index >= 15 is 0 Å². The van der Waals surface area contributed by atoms with Crippen LogP contribution in [-0.2, 0) is 24.7 Å². The molecule has 2 aromatic heterocycles. The molecule has 2 aromatic rings. The molecule has 3 rings (SSSR count). The maximum atomic E-state index is 12.3. The number of nitrogens with zero attached hydrogens (tertiary/aromatic N) is 4. The van der Waals surface area contributed by atoms with Gasteiger partial charge in [0.05, 0.1) is 11.7 Å². The fourth-order valence-corrected chi connectivity index (χ4v) is 3.33. The highest BCUT2D eigenvalue weighted by atomic mass is 16.6. The summed E-state index contributed by atoms with van der Waals surface area (Å²) in [6.07, 6.45) is -3.12. The highest BCUT2D eigenvalue weighted by molar-refractivity contribution is 5.97. The van der Waals surface area contributed by atoms with Crippen molar-refractivity contribution in [2.75, 3.05) is 11.9 Å². The van der Waals surface area contributed by atoms with Crippen molar-refractivity contribution in [3.63, 3.8) is 0 Å². The number of carbonyl (C=O) groups is 2. The summed E-state index contributed by atoms with van der Waals surface area (Å²) in [5.74, 6) is -0.984. The van der Waals surface area contributed by atoms with Crippen LogP contribution in [0.4, 0.5) is 5.82 Å². The molecule has 166 valence electrons. The second-order valence-electron chi connectivity index (χ2n) is 7.63. The van der Waals surface area contributed by atoms with Crippen LogP contribution in [0, 0.1) is 17.2 Å². The number of fused-ring (bicyclic) bond motifs is 1. The van der Waals surface area contributed by atoms with E-state index in [4.69, 9.17) is 15.2 Å². The van der Waals surface area contributed by atoms with Gasteiger partial charge in [0.1, 0.15) is 42.8 Å². The molecule has 0 spiro atoms. The van der Waals surface area contributed by atoms with E-state index in [1.54, 1.807) is 0 Å². The van der Waals surface area contributed by atoms with Crippen LogP contribution in [0.5, 0.6) is 0 Å². The largest absolute Gasteiger partial charge is 0.463 e. The molecule has 0 aliphatic carbocycles. The molecule has 5 N–H and O–H groups in total. The van der Waals surface area contributed by atoms with Gasteiger partial charge < -0.3 is 30.7 Å². The van der Waals surface area contributed by atoms with Gasteiger partial charge in [-0.1, -0.05) is 13.8 Å². The zero-order valence-electron chi connectivity index (χ0n) is 17.2. The number of carbonyl (C=O) groups excluding carboxylic acids is 2. The van der Waals surface area contributed by atoms with Crippen LogP contribution in [0.2, 0.25) is 0 Å². The Kier molecular flexibility index (Phi) is 6.23. The molecule has 1 fully saturated rings. The number of aromatic nitrogens is 3. The molecule has 12 heteroatoms. The highest BCUT2D eigenvalue weighted by Gasteiger charge is 2.57. The number of nitriles is 1. The van der Waals surface area contributed by atoms with Crippen molar-refractivity contribution in [1.82, 2.24) is 14.6 Å². The Labute approximate surface area is 177 Å². The number of hydrogen-bond acceptors (Lipinski definition) is 10. The van der Waals surface area contributed by atoms with Crippen molar-refractivity contribution in [3.8, 4) is 6.07 Å². The highest BCUT2D eigenvalue weighted by Crippen LogP contribution is 2.40. The molecule has 1 amide bonds. The lowest BCUT2D eigenvalue weighted by Crippen LogP contribution is -2.41. The molecule has 1 saturated heterocycles. The topological polar surface area (TPSA) is 185 Å². The van der Waals surface area contributed by atoms with Gasteiger partial charge in [-0.2, -0.15) is 10.4 Å². The molecule has 12 nitrogen and oxygen atoms in total. The molecule has 3 heterocycles. The van der Waals surface area contributed by atoms with Crippen LogP contribution < -0.4 is 11.1 Å². The van der Waals surface area contributed by atoms with Crippen molar-refractivity contribution in [3.05, 3.63) is 24.2 Å². The zero-order valence-corrected chi connectivity index (χ0v) is 17.2. The summed E-state index contributed by atoms with van der Waals surface area (Å²) in [6.45, 7) is 4.46. The summed E-state index contributed by atoms with van der Waals surface area (Å²) < 4.78 is 11.8. The first-order valence-corrected chi connectivity index (χ1v) is 9.60. The molecule has 0 radical (unpaired) electrons. The predicted octanol–water partition coefficient (Wildman–Crippen LogP) is -0.946.